The Kier molecular flexibility index (Phi) is 7.25. The van der Waals surface area contributed by atoms with E-state index in [-0.39, 0.29) is 31.3 Å². The highest BCUT2D eigenvalue weighted by molar-refractivity contribution is 5.77. The molecule has 0 aliphatic carbocycles. The third-order valence-electron chi connectivity index (χ3n) is 3.62. The molecule has 0 fully saturated rings. The van der Waals surface area contributed by atoms with Gasteiger partial charge in [-0.05, 0) is 38.3 Å². The molecule has 0 aromatic heterocycles. The Bertz CT molecular complexity index is 570. The number of halogens is 3. The normalized spacial score (nSPS) is 11.6. The fourth-order valence-corrected chi connectivity index (χ4v) is 2.38. The van der Waals surface area contributed by atoms with Crippen LogP contribution in [-0.4, -0.2) is 34.5 Å². The van der Waals surface area contributed by atoms with Gasteiger partial charge in [-0.1, -0.05) is 18.2 Å². The van der Waals surface area contributed by atoms with Crippen molar-refractivity contribution >= 4 is 11.9 Å². The number of rotatable bonds is 8. The minimum Gasteiger partial charge on any atom is -0.481 e. The molecule has 0 spiro atoms. The van der Waals surface area contributed by atoms with Gasteiger partial charge >= 0.3 is 12.1 Å². The molecule has 0 aliphatic rings. The van der Waals surface area contributed by atoms with E-state index in [1.807, 2.05) is 0 Å². The van der Waals surface area contributed by atoms with Gasteiger partial charge in [-0.15, -0.1) is 0 Å². The number of hydrogen-bond acceptors (Lipinski definition) is 2. The largest absolute Gasteiger partial charge is 0.481 e. The number of benzene rings is 1. The summed E-state index contributed by atoms with van der Waals surface area (Å²) in [5.41, 5.74) is -0.171. The van der Waals surface area contributed by atoms with Crippen molar-refractivity contribution in [3.63, 3.8) is 0 Å². The van der Waals surface area contributed by atoms with Crippen LogP contribution in [0.15, 0.2) is 24.3 Å². The van der Waals surface area contributed by atoms with Crippen LogP contribution in [0.25, 0.3) is 0 Å². The number of aliphatic carboxylic acids is 1. The fraction of sp³-hybridized carbons (Fsp3) is 0.529. The van der Waals surface area contributed by atoms with Crippen LogP contribution < -0.4 is 0 Å². The first-order valence-electron chi connectivity index (χ1n) is 7.78. The Morgan fingerprint density at radius 1 is 1.21 bits per heavy atom. The predicted molar refractivity (Wildman–Crippen MR) is 83.5 cm³/mol. The van der Waals surface area contributed by atoms with E-state index in [2.05, 4.69) is 0 Å². The quantitative estimate of drug-likeness (QED) is 0.781. The Morgan fingerprint density at radius 2 is 1.88 bits per heavy atom. The van der Waals surface area contributed by atoms with Crippen LogP contribution in [0.5, 0.6) is 0 Å². The first-order valence-corrected chi connectivity index (χ1v) is 7.78. The average molecular weight is 345 g/mol. The zero-order valence-corrected chi connectivity index (χ0v) is 13.8. The van der Waals surface area contributed by atoms with E-state index in [9.17, 15) is 22.8 Å². The topological polar surface area (TPSA) is 57.6 Å². The van der Waals surface area contributed by atoms with Crippen molar-refractivity contribution in [2.24, 2.45) is 0 Å². The van der Waals surface area contributed by atoms with Gasteiger partial charge in [-0.25, -0.2) is 0 Å². The molecule has 0 saturated carbocycles. The van der Waals surface area contributed by atoms with Crippen molar-refractivity contribution in [3.8, 4) is 0 Å². The number of alkyl halides is 3. The number of carbonyl (C=O) groups excluding carboxylic acids is 1. The lowest BCUT2D eigenvalue weighted by Crippen LogP contribution is -2.38. The second-order valence-electron chi connectivity index (χ2n) is 5.88. The summed E-state index contributed by atoms with van der Waals surface area (Å²) in [6.07, 6.45) is -3.56. The molecule has 0 bridgehead atoms. The number of carbonyl (C=O) groups is 2. The molecule has 4 nitrogen and oxygen atoms in total. The van der Waals surface area contributed by atoms with Gasteiger partial charge in [-0.2, -0.15) is 13.2 Å². The van der Waals surface area contributed by atoms with Crippen LogP contribution in [0, 0.1) is 0 Å². The summed E-state index contributed by atoms with van der Waals surface area (Å²) in [5, 5.41) is 8.71. The van der Waals surface area contributed by atoms with Gasteiger partial charge in [0.05, 0.1) is 12.0 Å². The van der Waals surface area contributed by atoms with E-state index >= 15 is 0 Å². The first-order chi connectivity index (χ1) is 11.1. The molecule has 1 rings (SSSR count). The molecule has 0 saturated heterocycles. The van der Waals surface area contributed by atoms with Crippen LogP contribution >= 0.6 is 0 Å². The summed E-state index contributed by atoms with van der Waals surface area (Å²) >= 11 is 0. The van der Waals surface area contributed by atoms with Crippen LogP contribution in [0.4, 0.5) is 13.2 Å². The summed E-state index contributed by atoms with van der Waals surface area (Å²) in [6, 6.07) is 4.94. The lowest BCUT2D eigenvalue weighted by molar-refractivity contribution is -0.139. The summed E-state index contributed by atoms with van der Waals surface area (Å²) < 4.78 is 38.0. The number of aryl methyl sites for hydroxylation is 1. The molecule has 0 radical (unpaired) electrons. The maximum Gasteiger partial charge on any atom is 0.416 e. The molecule has 0 unspecified atom stereocenters. The van der Waals surface area contributed by atoms with E-state index < -0.39 is 17.7 Å². The highest BCUT2D eigenvalue weighted by Gasteiger charge is 2.30. The Balaban J connectivity index is 2.56. The molecular formula is C17H22F3NO3. The van der Waals surface area contributed by atoms with Crippen molar-refractivity contribution in [1.82, 2.24) is 4.90 Å². The maximum absolute atomic E-state index is 12.7. The van der Waals surface area contributed by atoms with Gasteiger partial charge in [0, 0.05) is 19.0 Å². The van der Waals surface area contributed by atoms with Gasteiger partial charge in [0.1, 0.15) is 0 Å². The molecule has 7 heteroatoms. The average Bonchev–Trinajstić information content (AvgIpc) is 2.46. The van der Waals surface area contributed by atoms with Crippen molar-refractivity contribution < 1.29 is 27.9 Å². The lowest BCUT2D eigenvalue weighted by Gasteiger charge is -2.26. The van der Waals surface area contributed by atoms with E-state index in [1.54, 1.807) is 19.9 Å². The first kappa shape index (κ1) is 20.0. The van der Waals surface area contributed by atoms with Gasteiger partial charge < -0.3 is 10.0 Å². The Labute approximate surface area is 139 Å². The maximum atomic E-state index is 12.7. The molecular weight excluding hydrogens is 323 g/mol. The van der Waals surface area contributed by atoms with Crippen LogP contribution in [-0.2, 0) is 22.2 Å². The molecule has 1 amide bonds. The van der Waals surface area contributed by atoms with Crippen LogP contribution in [0.2, 0.25) is 0 Å². The third kappa shape index (κ3) is 6.60. The summed E-state index contributed by atoms with van der Waals surface area (Å²) in [6.45, 7) is 3.73. The van der Waals surface area contributed by atoms with Crippen molar-refractivity contribution in [3.05, 3.63) is 35.4 Å². The molecule has 1 aromatic rings. The zero-order chi connectivity index (χ0) is 18.3. The molecule has 1 aromatic carbocycles. The number of nitrogens with zero attached hydrogens (tertiary/aromatic N) is 1. The molecule has 0 aliphatic heterocycles. The highest BCUT2D eigenvalue weighted by Crippen LogP contribution is 2.29. The molecule has 0 atom stereocenters. The van der Waals surface area contributed by atoms with Crippen LogP contribution in [0.1, 0.15) is 44.2 Å². The van der Waals surface area contributed by atoms with E-state index in [0.717, 1.165) is 12.1 Å². The number of amides is 1. The number of carboxylic acid groups (broad SMARTS) is 1. The molecule has 134 valence electrons. The Morgan fingerprint density at radius 3 is 2.42 bits per heavy atom. The summed E-state index contributed by atoms with van der Waals surface area (Å²) in [5.74, 6) is -1.16. The van der Waals surface area contributed by atoms with Crippen molar-refractivity contribution in [2.45, 2.75) is 51.7 Å². The summed E-state index contributed by atoms with van der Waals surface area (Å²) in [4.78, 5) is 24.3. The molecule has 1 N–H and O–H groups in total. The van der Waals surface area contributed by atoms with E-state index in [1.165, 1.54) is 11.0 Å². The lowest BCUT2D eigenvalue weighted by atomic mass is 10.0. The third-order valence-corrected chi connectivity index (χ3v) is 3.62. The highest BCUT2D eigenvalue weighted by atomic mass is 19.4. The van der Waals surface area contributed by atoms with Gasteiger partial charge in [0.2, 0.25) is 5.91 Å². The monoisotopic (exact) mass is 345 g/mol. The molecule has 0 heterocycles. The minimum absolute atomic E-state index is 0.120. The van der Waals surface area contributed by atoms with E-state index in [0.29, 0.717) is 18.4 Å². The fourth-order valence-electron chi connectivity index (χ4n) is 2.38. The molecule has 24 heavy (non-hydrogen) atoms. The van der Waals surface area contributed by atoms with Crippen LogP contribution in [0.3, 0.4) is 0 Å². The van der Waals surface area contributed by atoms with Gasteiger partial charge in [0.25, 0.3) is 0 Å². The second kappa shape index (κ2) is 8.70. The summed E-state index contributed by atoms with van der Waals surface area (Å²) in [7, 11) is 0. The standard InChI is InChI=1S/C17H22F3NO3/c1-12(2)21(10-9-16(23)24)15(22)8-4-6-13-5-3-7-14(11-13)17(18,19)20/h3,5,7,11-12H,4,6,8-10H2,1-2H3,(H,23,24). The van der Waals surface area contributed by atoms with Gasteiger partial charge in [-0.3, -0.25) is 9.59 Å². The second-order valence-corrected chi connectivity index (χ2v) is 5.88. The zero-order valence-electron chi connectivity index (χ0n) is 13.8. The smallest absolute Gasteiger partial charge is 0.416 e. The van der Waals surface area contributed by atoms with Gasteiger partial charge in [0.15, 0.2) is 0 Å². The number of carboxylic acids is 1. The van der Waals surface area contributed by atoms with Crippen molar-refractivity contribution in [1.29, 1.82) is 0 Å². The number of hydrogen-bond donors (Lipinski definition) is 1. The minimum atomic E-state index is -4.38. The van der Waals surface area contributed by atoms with E-state index in [4.69, 9.17) is 5.11 Å². The van der Waals surface area contributed by atoms with Crippen molar-refractivity contribution in [2.75, 3.05) is 6.54 Å². The predicted octanol–water partition coefficient (Wildman–Crippen LogP) is 3.74. The Hall–Kier alpha value is -2.05. The SMILES string of the molecule is CC(C)N(CCC(=O)O)C(=O)CCCc1cccc(C(F)(F)F)c1.